The molecule has 1 aromatic heterocycles. The summed E-state index contributed by atoms with van der Waals surface area (Å²) in [7, 11) is 0. The van der Waals surface area contributed by atoms with Crippen LogP contribution in [0, 0.1) is 23.2 Å². The van der Waals surface area contributed by atoms with Gasteiger partial charge in [0, 0.05) is 29.4 Å². The van der Waals surface area contributed by atoms with Crippen LogP contribution in [0.3, 0.4) is 0 Å². The van der Waals surface area contributed by atoms with E-state index in [0.717, 1.165) is 11.3 Å². The number of fused-ring (bicyclic) bond motifs is 2. The first-order valence-corrected chi connectivity index (χ1v) is 10.2. The lowest BCUT2D eigenvalue weighted by atomic mass is 9.56. The zero-order valence-electron chi connectivity index (χ0n) is 17.2. The first-order valence-electron chi connectivity index (χ1n) is 10.2. The highest BCUT2D eigenvalue weighted by Crippen LogP contribution is 2.56. The summed E-state index contributed by atoms with van der Waals surface area (Å²) in [5, 5.41) is 2.80. The number of anilines is 1. The summed E-state index contributed by atoms with van der Waals surface area (Å²) in [5.74, 6) is 0.809. The molecule has 1 fully saturated rings. The Balaban J connectivity index is 1.52. The fourth-order valence-corrected chi connectivity index (χ4v) is 4.98. The summed E-state index contributed by atoms with van der Waals surface area (Å²) in [4.78, 5) is 16.6. The Bertz CT molecular complexity index is 884. The fourth-order valence-electron chi connectivity index (χ4n) is 4.98. The van der Waals surface area contributed by atoms with Crippen molar-refractivity contribution in [3.8, 4) is 0 Å². The van der Waals surface area contributed by atoms with Crippen LogP contribution in [-0.2, 0) is 9.47 Å². The molecule has 2 aliphatic rings. The molecular formula is C24H28N2O3. The number of ether oxygens (including phenoxy) is 2. The van der Waals surface area contributed by atoms with Crippen molar-refractivity contribution in [2.75, 3.05) is 18.5 Å². The number of pyridine rings is 1. The number of para-hydroxylation sites is 1. The summed E-state index contributed by atoms with van der Waals surface area (Å²) in [6, 6.07) is 13.4. The molecule has 2 heterocycles. The fraction of sp³-hybridized carbons (Fsp3) is 0.417. The molecule has 2 aromatic rings. The Hall–Kier alpha value is -2.66. The van der Waals surface area contributed by atoms with Gasteiger partial charge >= 0.3 is 6.09 Å². The first-order chi connectivity index (χ1) is 14.0. The van der Waals surface area contributed by atoms with E-state index in [2.05, 4.69) is 43.2 Å². The zero-order valence-corrected chi connectivity index (χ0v) is 17.2. The SMILES string of the molecule is CC1=C[C@@H](C)[C@@]2(COC(=O)Nc3ccccc3)CO[C@H](c3cccnc3)[C@H]1[C@@H]2C. The summed E-state index contributed by atoms with van der Waals surface area (Å²) >= 11 is 0. The lowest BCUT2D eigenvalue weighted by molar-refractivity contribution is -0.165. The van der Waals surface area contributed by atoms with Crippen LogP contribution in [0.25, 0.3) is 0 Å². The smallest absolute Gasteiger partial charge is 0.411 e. The van der Waals surface area contributed by atoms with Gasteiger partial charge in [0.15, 0.2) is 0 Å². The number of nitrogens with one attached hydrogen (secondary N) is 1. The molecular weight excluding hydrogens is 364 g/mol. The largest absolute Gasteiger partial charge is 0.449 e. The van der Waals surface area contributed by atoms with E-state index in [9.17, 15) is 4.79 Å². The molecule has 1 amide bonds. The minimum absolute atomic E-state index is 0.0197. The van der Waals surface area contributed by atoms with Gasteiger partial charge in [-0.25, -0.2) is 4.79 Å². The molecule has 0 unspecified atom stereocenters. The molecule has 0 spiro atoms. The van der Waals surface area contributed by atoms with Crippen molar-refractivity contribution in [3.05, 3.63) is 72.1 Å². The summed E-state index contributed by atoms with van der Waals surface area (Å²) in [6.45, 7) is 7.52. The Kier molecular flexibility index (Phi) is 5.41. The maximum Gasteiger partial charge on any atom is 0.411 e. The molecule has 1 saturated heterocycles. The molecule has 0 saturated carbocycles. The van der Waals surface area contributed by atoms with Gasteiger partial charge in [0.25, 0.3) is 0 Å². The standard InChI is InChI=1S/C24H28N2O3/c1-16-12-17(2)24(15-29-23(27)26-20-9-5-4-6-10-20)14-28-22(21(16)18(24)3)19-8-7-11-25-13-19/h4-13,17-18,21-22H,14-15H2,1-3H3,(H,26,27)/t17-,18+,21-,22-,24+/m1/s1. The lowest BCUT2D eigenvalue weighted by Crippen LogP contribution is -2.54. The number of rotatable bonds is 4. The normalized spacial score (nSPS) is 30.9. The Morgan fingerprint density at radius 3 is 2.76 bits per heavy atom. The summed E-state index contributed by atoms with van der Waals surface area (Å²) in [5.41, 5.74) is 2.92. The number of aromatic nitrogens is 1. The first kappa shape index (κ1) is 19.6. The minimum Gasteiger partial charge on any atom is -0.449 e. The lowest BCUT2D eigenvalue weighted by Gasteiger charge is -2.55. The third-order valence-electron chi connectivity index (χ3n) is 6.75. The van der Waals surface area contributed by atoms with Gasteiger partial charge in [0.1, 0.15) is 6.61 Å². The number of hydrogen-bond acceptors (Lipinski definition) is 4. The van der Waals surface area contributed by atoms with E-state index in [1.165, 1.54) is 5.57 Å². The van der Waals surface area contributed by atoms with E-state index in [0.29, 0.717) is 19.1 Å². The van der Waals surface area contributed by atoms with E-state index in [1.54, 1.807) is 6.20 Å². The molecule has 5 atom stereocenters. The van der Waals surface area contributed by atoms with Crippen molar-refractivity contribution < 1.29 is 14.3 Å². The molecule has 1 N–H and O–H groups in total. The topological polar surface area (TPSA) is 60.5 Å². The number of allylic oxidation sites excluding steroid dienone is 1. The van der Waals surface area contributed by atoms with Gasteiger partial charge in [0.05, 0.1) is 12.7 Å². The maximum absolute atomic E-state index is 12.4. The van der Waals surface area contributed by atoms with Gasteiger partial charge in [-0.2, -0.15) is 0 Å². The molecule has 1 aliphatic carbocycles. The monoisotopic (exact) mass is 392 g/mol. The molecule has 1 aromatic carbocycles. The highest BCUT2D eigenvalue weighted by molar-refractivity contribution is 5.84. The van der Waals surface area contributed by atoms with Crippen molar-refractivity contribution in [3.63, 3.8) is 0 Å². The number of carbonyl (C=O) groups is 1. The molecule has 0 radical (unpaired) electrons. The molecule has 4 rings (SSSR count). The molecule has 152 valence electrons. The highest BCUT2D eigenvalue weighted by Gasteiger charge is 2.54. The Morgan fingerprint density at radius 2 is 2.03 bits per heavy atom. The predicted octanol–water partition coefficient (Wildman–Crippen LogP) is 5.24. The minimum atomic E-state index is -0.429. The number of carbonyl (C=O) groups excluding carboxylic acids is 1. The van der Waals surface area contributed by atoms with E-state index in [1.807, 2.05) is 42.6 Å². The molecule has 2 bridgehead atoms. The van der Waals surface area contributed by atoms with Crippen molar-refractivity contribution in [1.29, 1.82) is 0 Å². The number of benzene rings is 1. The van der Waals surface area contributed by atoms with Crippen LogP contribution in [0.2, 0.25) is 0 Å². The second-order valence-corrected chi connectivity index (χ2v) is 8.33. The summed E-state index contributed by atoms with van der Waals surface area (Å²) < 4.78 is 12.1. The molecule has 5 nitrogen and oxygen atoms in total. The predicted molar refractivity (Wildman–Crippen MR) is 112 cm³/mol. The van der Waals surface area contributed by atoms with Crippen molar-refractivity contribution in [1.82, 2.24) is 4.98 Å². The van der Waals surface area contributed by atoms with Gasteiger partial charge in [-0.15, -0.1) is 0 Å². The molecule has 1 aliphatic heterocycles. The third-order valence-corrected chi connectivity index (χ3v) is 6.75. The molecule has 5 heteroatoms. The van der Waals surface area contributed by atoms with Gasteiger partial charge in [-0.3, -0.25) is 10.3 Å². The summed E-state index contributed by atoms with van der Waals surface area (Å²) in [6.07, 6.45) is 5.55. The number of amides is 1. The van der Waals surface area contributed by atoms with Gasteiger partial charge in [0.2, 0.25) is 0 Å². The average molecular weight is 392 g/mol. The molecule has 29 heavy (non-hydrogen) atoms. The van der Waals surface area contributed by atoms with Crippen molar-refractivity contribution in [2.24, 2.45) is 23.2 Å². The van der Waals surface area contributed by atoms with Gasteiger partial charge in [-0.1, -0.05) is 49.8 Å². The van der Waals surface area contributed by atoms with Crippen LogP contribution in [0.4, 0.5) is 10.5 Å². The van der Waals surface area contributed by atoms with Crippen molar-refractivity contribution in [2.45, 2.75) is 26.9 Å². The van der Waals surface area contributed by atoms with E-state index in [4.69, 9.17) is 9.47 Å². The van der Waals surface area contributed by atoms with Gasteiger partial charge in [-0.05, 0) is 42.5 Å². The highest BCUT2D eigenvalue weighted by atomic mass is 16.6. The van der Waals surface area contributed by atoms with Crippen LogP contribution in [0.1, 0.15) is 32.4 Å². The van der Waals surface area contributed by atoms with Crippen LogP contribution < -0.4 is 5.32 Å². The van der Waals surface area contributed by atoms with E-state index < -0.39 is 6.09 Å². The van der Waals surface area contributed by atoms with Crippen LogP contribution in [0.15, 0.2) is 66.5 Å². The number of nitrogens with zero attached hydrogens (tertiary/aromatic N) is 1. The van der Waals surface area contributed by atoms with Gasteiger partial charge < -0.3 is 9.47 Å². The zero-order chi connectivity index (χ0) is 20.4. The second kappa shape index (κ2) is 7.99. The van der Waals surface area contributed by atoms with Crippen LogP contribution in [0.5, 0.6) is 0 Å². The van der Waals surface area contributed by atoms with Crippen LogP contribution in [-0.4, -0.2) is 24.3 Å². The second-order valence-electron chi connectivity index (χ2n) is 8.33. The average Bonchev–Trinajstić information content (AvgIpc) is 2.73. The van der Waals surface area contributed by atoms with Crippen molar-refractivity contribution >= 4 is 11.8 Å². The van der Waals surface area contributed by atoms with E-state index >= 15 is 0 Å². The maximum atomic E-state index is 12.4. The quantitative estimate of drug-likeness (QED) is 0.723. The third kappa shape index (κ3) is 3.67. The Morgan fingerprint density at radius 1 is 1.24 bits per heavy atom. The van der Waals surface area contributed by atoms with Crippen LogP contribution >= 0.6 is 0 Å². The Labute approximate surface area is 172 Å². The van der Waals surface area contributed by atoms with E-state index in [-0.39, 0.29) is 23.4 Å². The number of hydrogen-bond donors (Lipinski definition) is 1.